The molecular formula is C9H18F2O. The molecule has 0 radical (unpaired) electrons. The molecule has 0 saturated heterocycles. The van der Waals surface area contributed by atoms with E-state index in [0.717, 1.165) is 12.8 Å². The molecule has 0 amide bonds. The monoisotopic (exact) mass is 180 g/mol. The Kier molecular flexibility index (Phi) is 6.25. The normalized spacial score (nSPS) is 12.0. The largest absolute Gasteiger partial charge is 0.396 e. The molecule has 0 saturated carbocycles. The maximum Gasteiger partial charge on any atom is 0.248 e. The third kappa shape index (κ3) is 6.53. The van der Waals surface area contributed by atoms with Crippen LogP contribution in [0.1, 0.15) is 45.4 Å². The first-order chi connectivity index (χ1) is 5.62. The van der Waals surface area contributed by atoms with Crippen molar-refractivity contribution in [2.24, 2.45) is 0 Å². The third-order valence-electron chi connectivity index (χ3n) is 1.85. The molecule has 0 aliphatic heterocycles. The molecule has 0 aromatic rings. The van der Waals surface area contributed by atoms with Crippen molar-refractivity contribution in [2.75, 3.05) is 6.61 Å². The molecule has 0 aromatic carbocycles. The van der Waals surface area contributed by atoms with Gasteiger partial charge in [0, 0.05) is 19.4 Å². The summed E-state index contributed by atoms with van der Waals surface area (Å²) in [5, 5.41) is 8.37. The highest BCUT2D eigenvalue weighted by molar-refractivity contribution is 4.65. The summed E-state index contributed by atoms with van der Waals surface area (Å²) in [6.07, 6.45) is 2.44. The average Bonchev–Trinajstić information content (AvgIpc) is 2.01. The number of halogens is 2. The lowest BCUT2D eigenvalue weighted by atomic mass is 10.1. The summed E-state index contributed by atoms with van der Waals surface area (Å²) >= 11 is 0. The van der Waals surface area contributed by atoms with Gasteiger partial charge in [-0.3, -0.25) is 0 Å². The Morgan fingerprint density at radius 1 is 1.08 bits per heavy atom. The zero-order valence-electron chi connectivity index (χ0n) is 7.65. The summed E-state index contributed by atoms with van der Waals surface area (Å²) < 4.78 is 25.6. The Hall–Kier alpha value is -0.180. The van der Waals surface area contributed by atoms with Crippen LogP contribution in [0, 0.1) is 0 Å². The molecule has 0 aliphatic rings. The van der Waals surface area contributed by atoms with Gasteiger partial charge in [0.25, 0.3) is 0 Å². The number of alkyl halides is 2. The molecule has 0 heterocycles. The second-order valence-corrected chi connectivity index (χ2v) is 3.14. The van der Waals surface area contributed by atoms with Crippen molar-refractivity contribution in [3.05, 3.63) is 0 Å². The molecule has 0 bridgehead atoms. The topological polar surface area (TPSA) is 20.2 Å². The lowest BCUT2D eigenvalue weighted by Crippen LogP contribution is -2.16. The highest BCUT2D eigenvalue weighted by atomic mass is 19.3. The number of unbranched alkanes of at least 4 members (excludes halogenated alkanes) is 2. The van der Waals surface area contributed by atoms with Gasteiger partial charge in [0.2, 0.25) is 5.92 Å². The van der Waals surface area contributed by atoms with Gasteiger partial charge in [-0.05, 0) is 12.8 Å². The SMILES string of the molecule is CCCCCC(F)(F)CCCO. The quantitative estimate of drug-likeness (QED) is 0.597. The van der Waals surface area contributed by atoms with Crippen molar-refractivity contribution in [1.29, 1.82) is 0 Å². The molecule has 74 valence electrons. The van der Waals surface area contributed by atoms with Gasteiger partial charge in [0.15, 0.2) is 0 Å². The summed E-state index contributed by atoms with van der Waals surface area (Å²) in [6.45, 7) is 1.86. The Balaban J connectivity index is 3.42. The van der Waals surface area contributed by atoms with Gasteiger partial charge in [0.1, 0.15) is 0 Å². The summed E-state index contributed by atoms with van der Waals surface area (Å²) in [6, 6.07) is 0. The fourth-order valence-electron chi connectivity index (χ4n) is 1.10. The van der Waals surface area contributed by atoms with Gasteiger partial charge in [-0.15, -0.1) is 0 Å². The van der Waals surface area contributed by atoms with Crippen molar-refractivity contribution in [1.82, 2.24) is 0 Å². The number of hydrogen-bond donors (Lipinski definition) is 1. The van der Waals surface area contributed by atoms with Crippen LogP contribution < -0.4 is 0 Å². The van der Waals surface area contributed by atoms with Crippen molar-refractivity contribution in [3.63, 3.8) is 0 Å². The highest BCUT2D eigenvalue weighted by Crippen LogP contribution is 2.26. The van der Waals surface area contributed by atoms with Gasteiger partial charge in [-0.25, -0.2) is 8.78 Å². The Morgan fingerprint density at radius 3 is 2.17 bits per heavy atom. The summed E-state index contributed by atoms with van der Waals surface area (Å²) in [4.78, 5) is 0. The Labute approximate surface area is 72.8 Å². The van der Waals surface area contributed by atoms with Crippen LogP contribution in [0.3, 0.4) is 0 Å². The van der Waals surface area contributed by atoms with E-state index in [9.17, 15) is 8.78 Å². The zero-order valence-corrected chi connectivity index (χ0v) is 7.65. The highest BCUT2D eigenvalue weighted by Gasteiger charge is 2.26. The van der Waals surface area contributed by atoms with Gasteiger partial charge < -0.3 is 5.11 Å². The van der Waals surface area contributed by atoms with E-state index in [1.165, 1.54) is 0 Å². The first kappa shape index (κ1) is 11.8. The summed E-state index contributed by atoms with van der Waals surface area (Å²) in [5.74, 6) is -2.56. The van der Waals surface area contributed by atoms with Crippen LogP contribution in [0.2, 0.25) is 0 Å². The van der Waals surface area contributed by atoms with Crippen LogP contribution in [0.5, 0.6) is 0 Å². The van der Waals surface area contributed by atoms with Crippen LogP contribution >= 0.6 is 0 Å². The molecule has 0 unspecified atom stereocenters. The van der Waals surface area contributed by atoms with E-state index in [-0.39, 0.29) is 25.9 Å². The molecule has 12 heavy (non-hydrogen) atoms. The fraction of sp³-hybridized carbons (Fsp3) is 1.00. The predicted octanol–water partition coefficient (Wildman–Crippen LogP) is 2.97. The van der Waals surface area contributed by atoms with E-state index >= 15 is 0 Å². The van der Waals surface area contributed by atoms with Crippen molar-refractivity contribution in [2.45, 2.75) is 51.4 Å². The van der Waals surface area contributed by atoms with Crippen LogP contribution in [-0.4, -0.2) is 17.6 Å². The van der Waals surface area contributed by atoms with Gasteiger partial charge in [0.05, 0.1) is 0 Å². The second-order valence-electron chi connectivity index (χ2n) is 3.14. The van der Waals surface area contributed by atoms with Crippen LogP contribution in [0.15, 0.2) is 0 Å². The van der Waals surface area contributed by atoms with E-state index < -0.39 is 5.92 Å². The Bertz CT molecular complexity index is 105. The minimum absolute atomic E-state index is 0.0269. The molecule has 0 fully saturated rings. The zero-order chi connectivity index (χ0) is 9.45. The minimum Gasteiger partial charge on any atom is -0.396 e. The van der Waals surface area contributed by atoms with E-state index in [1.807, 2.05) is 6.92 Å². The predicted molar refractivity (Wildman–Crippen MR) is 45.4 cm³/mol. The van der Waals surface area contributed by atoms with Crippen molar-refractivity contribution < 1.29 is 13.9 Å². The molecule has 0 aliphatic carbocycles. The first-order valence-electron chi connectivity index (χ1n) is 4.61. The van der Waals surface area contributed by atoms with Gasteiger partial charge >= 0.3 is 0 Å². The van der Waals surface area contributed by atoms with Crippen molar-refractivity contribution >= 4 is 0 Å². The number of hydrogen-bond acceptors (Lipinski definition) is 1. The molecule has 3 heteroatoms. The van der Waals surface area contributed by atoms with Crippen molar-refractivity contribution in [3.8, 4) is 0 Å². The van der Waals surface area contributed by atoms with Gasteiger partial charge in [-0.2, -0.15) is 0 Å². The molecule has 0 aromatic heterocycles. The van der Waals surface area contributed by atoms with Crippen LogP contribution in [-0.2, 0) is 0 Å². The van der Waals surface area contributed by atoms with Gasteiger partial charge in [-0.1, -0.05) is 19.8 Å². The fourth-order valence-corrected chi connectivity index (χ4v) is 1.10. The third-order valence-corrected chi connectivity index (χ3v) is 1.85. The molecule has 1 nitrogen and oxygen atoms in total. The molecule has 0 rings (SSSR count). The number of aliphatic hydroxyl groups excluding tert-OH is 1. The van der Waals surface area contributed by atoms with E-state index in [4.69, 9.17) is 5.11 Å². The lowest BCUT2D eigenvalue weighted by Gasteiger charge is -2.14. The van der Waals surface area contributed by atoms with Crippen LogP contribution in [0.25, 0.3) is 0 Å². The second kappa shape index (κ2) is 6.35. The van der Waals surface area contributed by atoms with Crippen LogP contribution in [0.4, 0.5) is 8.78 Å². The Morgan fingerprint density at radius 2 is 1.67 bits per heavy atom. The average molecular weight is 180 g/mol. The standard InChI is InChI=1S/C9H18F2O/c1-2-3-4-6-9(10,11)7-5-8-12/h12H,2-8H2,1H3. The number of aliphatic hydroxyl groups is 1. The lowest BCUT2D eigenvalue weighted by molar-refractivity contribution is -0.0233. The smallest absolute Gasteiger partial charge is 0.248 e. The molecule has 0 atom stereocenters. The molecule has 0 spiro atoms. The minimum atomic E-state index is -2.56. The summed E-state index contributed by atoms with van der Waals surface area (Å²) in [7, 11) is 0. The van der Waals surface area contributed by atoms with E-state index in [1.54, 1.807) is 0 Å². The van der Waals surface area contributed by atoms with E-state index in [0.29, 0.717) is 6.42 Å². The summed E-state index contributed by atoms with van der Waals surface area (Å²) in [5.41, 5.74) is 0. The maximum atomic E-state index is 12.8. The molecule has 1 N–H and O–H groups in total. The molecular weight excluding hydrogens is 162 g/mol. The van der Waals surface area contributed by atoms with E-state index in [2.05, 4.69) is 0 Å². The maximum absolute atomic E-state index is 12.8. The number of rotatable bonds is 7. The first-order valence-corrected chi connectivity index (χ1v) is 4.61.